The first-order chi connectivity index (χ1) is 9.18. The number of rotatable bonds is 6. The monoisotopic (exact) mass is 259 g/mol. The molecule has 2 aromatic rings. The SMILES string of the molecule is CCC(N)(CC)c1noc(CCc2ccccc2)n1. The summed E-state index contributed by atoms with van der Waals surface area (Å²) in [4.78, 5) is 4.44. The highest BCUT2D eigenvalue weighted by molar-refractivity contribution is 5.15. The molecule has 19 heavy (non-hydrogen) atoms. The van der Waals surface area contributed by atoms with Crippen LogP contribution in [0.15, 0.2) is 34.9 Å². The van der Waals surface area contributed by atoms with E-state index < -0.39 is 5.54 Å². The van der Waals surface area contributed by atoms with E-state index in [1.807, 2.05) is 32.0 Å². The second-order valence-electron chi connectivity index (χ2n) is 4.86. The lowest BCUT2D eigenvalue weighted by molar-refractivity contribution is 0.335. The van der Waals surface area contributed by atoms with Crippen LogP contribution in [0.4, 0.5) is 0 Å². The Hall–Kier alpha value is -1.68. The molecule has 0 saturated carbocycles. The van der Waals surface area contributed by atoms with E-state index in [0.717, 1.165) is 25.7 Å². The zero-order valence-electron chi connectivity index (χ0n) is 11.6. The Morgan fingerprint density at radius 3 is 2.42 bits per heavy atom. The Morgan fingerprint density at radius 2 is 1.79 bits per heavy atom. The second kappa shape index (κ2) is 5.97. The summed E-state index contributed by atoms with van der Waals surface area (Å²) >= 11 is 0. The van der Waals surface area contributed by atoms with Crippen LogP contribution in [0.2, 0.25) is 0 Å². The van der Waals surface area contributed by atoms with Crippen LogP contribution in [0.1, 0.15) is 44.0 Å². The lowest BCUT2D eigenvalue weighted by Gasteiger charge is -2.21. The molecular formula is C15H21N3O. The molecule has 2 N–H and O–H groups in total. The fraction of sp³-hybridized carbons (Fsp3) is 0.467. The van der Waals surface area contributed by atoms with Gasteiger partial charge in [0.25, 0.3) is 0 Å². The molecule has 1 aromatic heterocycles. The standard InChI is InChI=1S/C15H21N3O/c1-3-15(16,4-2)14-17-13(19-18-14)11-10-12-8-6-5-7-9-12/h5-9H,3-4,10-11,16H2,1-2H3. The highest BCUT2D eigenvalue weighted by atomic mass is 16.5. The largest absolute Gasteiger partial charge is 0.339 e. The Kier molecular flexibility index (Phi) is 4.32. The maximum atomic E-state index is 6.25. The zero-order chi connectivity index (χ0) is 13.7. The van der Waals surface area contributed by atoms with Gasteiger partial charge in [-0.2, -0.15) is 4.98 Å². The van der Waals surface area contributed by atoms with Crippen molar-refractivity contribution in [3.05, 3.63) is 47.6 Å². The third-order valence-electron chi connectivity index (χ3n) is 3.65. The van der Waals surface area contributed by atoms with Gasteiger partial charge in [-0.1, -0.05) is 49.3 Å². The van der Waals surface area contributed by atoms with Gasteiger partial charge in [0.15, 0.2) is 5.82 Å². The van der Waals surface area contributed by atoms with Gasteiger partial charge in [-0.15, -0.1) is 0 Å². The van der Waals surface area contributed by atoms with Crippen LogP contribution in [0.25, 0.3) is 0 Å². The fourth-order valence-corrected chi connectivity index (χ4v) is 2.02. The van der Waals surface area contributed by atoms with Crippen molar-refractivity contribution < 1.29 is 4.52 Å². The Bertz CT molecular complexity index is 503. The van der Waals surface area contributed by atoms with E-state index in [2.05, 4.69) is 22.3 Å². The molecule has 0 radical (unpaired) electrons. The molecule has 0 aliphatic heterocycles. The van der Waals surface area contributed by atoms with Gasteiger partial charge < -0.3 is 10.3 Å². The number of aryl methyl sites for hydroxylation is 2. The summed E-state index contributed by atoms with van der Waals surface area (Å²) in [5.41, 5.74) is 7.06. The summed E-state index contributed by atoms with van der Waals surface area (Å²) < 4.78 is 5.30. The van der Waals surface area contributed by atoms with E-state index in [-0.39, 0.29) is 0 Å². The smallest absolute Gasteiger partial charge is 0.227 e. The van der Waals surface area contributed by atoms with Gasteiger partial charge in [0.05, 0.1) is 5.54 Å². The van der Waals surface area contributed by atoms with E-state index in [1.165, 1.54) is 5.56 Å². The van der Waals surface area contributed by atoms with Gasteiger partial charge in [-0.05, 0) is 24.8 Å². The number of aromatic nitrogens is 2. The molecule has 0 aliphatic rings. The minimum absolute atomic E-state index is 0.464. The van der Waals surface area contributed by atoms with E-state index in [4.69, 9.17) is 10.3 Å². The number of hydrogen-bond donors (Lipinski definition) is 1. The summed E-state index contributed by atoms with van der Waals surface area (Å²) in [6, 6.07) is 10.3. The lowest BCUT2D eigenvalue weighted by Crippen LogP contribution is -2.36. The summed E-state index contributed by atoms with van der Waals surface area (Å²) in [6.07, 6.45) is 3.27. The molecule has 102 valence electrons. The Balaban J connectivity index is 2.02. The Morgan fingerprint density at radius 1 is 1.11 bits per heavy atom. The first-order valence-electron chi connectivity index (χ1n) is 6.84. The van der Waals surface area contributed by atoms with Crippen LogP contribution in [-0.4, -0.2) is 10.1 Å². The van der Waals surface area contributed by atoms with Crippen molar-refractivity contribution in [3.8, 4) is 0 Å². The minimum Gasteiger partial charge on any atom is -0.339 e. The van der Waals surface area contributed by atoms with Crippen LogP contribution < -0.4 is 5.73 Å². The quantitative estimate of drug-likeness (QED) is 0.866. The van der Waals surface area contributed by atoms with Gasteiger partial charge in [-0.3, -0.25) is 0 Å². The van der Waals surface area contributed by atoms with Crippen molar-refractivity contribution in [2.45, 2.75) is 45.1 Å². The van der Waals surface area contributed by atoms with Gasteiger partial charge in [0, 0.05) is 6.42 Å². The van der Waals surface area contributed by atoms with Crippen molar-refractivity contribution in [1.29, 1.82) is 0 Å². The van der Waals surface area contributed by atoms with Crippen LogP contribution in [-0.2, 0) is 18.4 Å². The minimum atomic E-state index is -0.464. The molecule has 0 spiro atoms. The van der Waals surface area contributed by atoms with Crippen molar-refractivity contribution >= 4 is 0 Å². The molecule has 2 rings (SSSR count). The maximum Gasteiger partial charge on any atom is 0.227 e. The highest BCUT2D eigenvalue weighted by Crippen LogP contribution is 2.22. The summed E-state index contributed by atoms with van der Waals surface area (Å²) in [5, 5.41) is 4.03. The molecule has 1 aromatic carbocycles. The molecular weight excluding hydrogens is 238 g/mol. The van der Waals surface area contributed by atoms with Gasteiger partial charge in [0.2, 0.25) is 5.89 Å². The average Bonchev–Trinajstić information content (AvgIpc) is 2.95. The number of nitrogens with zero attached hydrogens (tertiary/aromatic N) is 2. The summed E-state index contributed by atoms with van der Waals surface area (Å²) in [7, 11) is 0. The third-order valence-corrected chi connectivity index (χ3v) is 3.65. The predicted molar refractivity (Wildman–Crippen MR) is 74.6 cm³/mol. The van der Waals surface area contributed by atoms with Crippen molar-refractivity contribution in [2.75, 3.05) is 0 Å². The first kappa shape index (κ1) is 13.7. The van der Waals surface area contributed by atoms with Crippen LogP contribution >= 0.6 is 0 Å². The third kappa shape index (κ3) is 3.20. The number of hydrogen-bond acceptors (Lipinski definition) is 4. The van der Waals surface area contributed by atoms with Crippen LogP contribution in [0, 0.1) is 0 Å². The summed E-state index contributed by atoms with van der Waals surface area (Å²) in [5.74, 6) is 1.29. The number of benzene rings is 1. The average molecular weight is 259 g/mol. The molecule has 0 unspecified atom stereocenters. The molecule has 0 atom stereocenters. The lowest BCUT2D eigenvalue weighted by atomic mass is 9.93. The van der Waals surface area contributed by atoms with E-state index >= 15 is 0 Å². The van der Waals surface area contributed by atoms with Gasteiger partial charge in [-0.25, -0.2) is 0 Å². The molecule has 0 bridgehead atoms. The van der Waals surface area contributed by atoms with Gasteiger partial charge >= 0.3 is 0 Å². The number of nitrogens with two attached hydrogens (primary N) is 1. The van der Waals surface area contributed by atoms with Gasteiger partial charge in [0.1, 0.15) is 0 Å². The molecule has 4 nitrogen and oxygen atoms in total. The molecule has 0 fully saturated rings. The molecule has 0 amide bonds. The van der Waals surface area contributed by atoms with E-state index in [1.54, 1.807) is 0 Å². The summed E-state index contributed by atoms with van der Waals surface area (Å²) in [6.45, 7) is 4.09. The fourth-order valence-electron chi connectivity index (χ4n) is 2.02. The maximum absolute atomic E-state index is 6.25. The Labute approximate surface area is 114 Å². The zero-order valence-corrected chi connectivity index (χ0v) is 11.6. The highest BCUT2D eigenvalue weighted by Gasteiger charge is 2.28. The van der Waals surface area contributed by atoms with Crippen molar-refractivity contribution in [1.82, 2.24) is 10.1 Å². The van der Waals surface area contributed by atoms with Crippen LogP contribution in [0.5, 0.6) is 0 Å². The van der Waals surface area contributed by atoms with Crippen molar-refractivity contribution in [2.24, 2.45) is 5.73 Å². The molecule has 1 heterocycles. The normalized spacial score (nSPS) is 11.7. The molecule has 4 heteroatoms. The topological polar surface area (TPSA) is 64.9 Å². The van der Waals surface area contributed by atoms with E-state index in [9.17, 15) is 0 Å². The predicted octanol–water partition coefficient (Wildman–Crippen LogP) is 2.83. The first-order valence-corrected chi connectivity index (χ1v) is 6.84. The molecule has 0 aliphatic carbocycles. The van der Waals surface area contributed by atoms with E-state index in [0.29, 0.717) is 11.7 Å². The van der Waals surface area contributed by atoms with Crippen LogP contribution in [0.3, 0.4) is 0 Å². The van der Waals surface area contributed by atoms with Crippen molar-refractivity contribution in [3.63, 3.8) is 0 Å². The molecule has 0 saturated heterocycles. The second-order valence-corrected chi connectivity index (χ2v) is 4.86.